The normalized spacial score (nSPS) is 23.1. The topological polar surface area (TPSA) is 84.5 Å². The monoisotopic (exact) mass is 372 g/mol. The molecule has 0 aliphatic heterocycles. The summed E-state index contributed by atoms with van der Waals surface area (Å²) in [5, 5.41) is 5.26. The Morgan fingerprint density at radius 2 is 1.93 bits per heavy atom. The van der Waals surface area contributed by atoms with Gasteiger partial charge in [0.1, 0.15) is 0 Å². The molecule has 0 unspecified atom stereocenters. The SMILES string of the molecule is Cc1cccc(NC(=O)CNC(=O)COC(=O)C[C@@H]2C[C@H]3CC[C@@H]2C3)c1C. The van der Waals surface area contributed by atoms with E-state index in [0.29, 0.717) is 18.3 Å². The molecule has 6 heteroatoms. The van der Waals surface area contributed by atoms with Crippen LogP contribution in [-0.2, 0) is 19.1 Å². The van der Waals surface area contributed by atoms with Crippen molar-refractivity contribution in [3.8, 4) is 0 Å². The Bertz CT molecular complexity index is 731. The molecule has 0 radical (unpaired) electrons. The van der Waals surface area contributed by atoms with E-state index in [2.05, 4.69) is 10.6 Å². The van der Waals surface area contributed by atoms with Crippen LogP contribution in [0, 0.1) is 31.6 Å². The first kappa shape index (κ1) is 19.4. The fourth-order valence-corrected chi connectivity index (χ4v) is 4.36. The molecule has 2 bridgehead atoms. The summed E-state index contributed by atoms with van der Waals surface area (Å²) in [5.41, 5.74) is 2.80. The Morgan fingerprint density at radius 1 is 1.11 bits per heavy atom. The van der Waals surface area contributed by atoms with Gasteiger partial charge in [-0.2, -0.15) is 0 Å². The van der Waals surface area contributed by atoms with Gasteiger partial charge in [-0.25, -0.2) is 0 Å². The summed E-state index contributed by atoms with van der Waals surface area (Å²) in [4.78, 5) is 35.8. The summed E-state index contributed by atoms with van der Waals surface area (Å²) in [6.07, 6.45) is 5.28. The number of hydrogen-bond acceptors (Lipinski definition) is 4. The Hall–Kier alpha value is -2.37. The van der Waals surface area contributed by atoms with Crippen molar-refractivity contribution in [2.24, 2.45) is 17.8 Å². The Kier molecular flexibility index (Phi) is 6.14. The molecule has 3 atom stereocenters. The lowest BCUT2D eigenvalue weighted by Crippen LogP contribution is -2.35. The quantitative estimate of drug-likeness (QED) is 0.721. The van der Waals surface area contributed by atoms with Crippen molar-refractivity contribution in [1.82, 2.24) is 5.32 Å². The number of rotatable bonds is 7. The van der Waals surface area contributed by atoms with Gasteiger partial charge in [-0.05, 0) is 68.1 Å². The second-order valence-electron chi connectivity index (χ2n) is 7.87. The van der Waals surface area contributed by atoms with Crippen molar-refractivity contribution in [2.75, 3.05) is 18.5 Å². The van der Waals surface area contributed by atoms with Crippen molar-refractivity contribution >= 4 is 23.5 Å². The van der Waals surface area contributed by atoms with E-state index in [0.717, 1.165) is 29.2 Å². The molecular weight excluding hydrogens is 344 g/mol. The van der Waals surface area contributed by atoms with Gasteiger partial charge in [-0.15, -0.1) is 0 Å². The Morgan fingerprint density at radius 3 is 2.63 bits per heavy atom. The van der Waals surface area contributed by atoms with Crippen LogP contribution in [0.3, 0.4) is 0 Å². The maximum atomic E-state index is 12.0. The number of ether oxygens (including phenoxy) is 1. The zero-order valence-corrected chi connectivity index (χ0v) is 16.0. The molecule has 1 aromatic carbocycles. The van der Waals surface area contributed by atoms with Gasteiger partial charge in [0.15, 0.2) is 6.61 Å². The molecule has 0 aromatic heterocycles. The van der Waals surface area contributed by atoms with Crippen LogP contribution in [0.1, 0.15) is 43.2 Å². The zero-order chi connectivity index (χ0) is 19.4. The molecule has 2 aliphatic carbocycles. The lowest BCUT2D eigenvalue weighted by molar-refractivity contribution is -0.149. The van der Waals surface area contributed by atoms with E-state index in [4.69, 9.17) is 4.74 Å². The summed E-state index contributed by atoms with van der Waals surface area (Å²) in [5.74, 6) is 0.764. The highest BCUT2D eigenvalue weighted by molar-refractivity contribution is 5.95. The highest BCUT2D eigenvalue weighted by Gasteiger charge is 2.40. The van der Waals surface area contributed by atoms with Gasteiger partial charge in [-0.1, -0.05) is 18.6 Å². The van der Waals surface area contributed by atoms with E-state index >= 15 is 0 Å². The van der Waals surface area contributed by atoms with Crippen molar-refractivity contribution < 1.29 is 19.1 Å². The summed E-state index contributed by atoms with van der Waals surface area (Å²) in [6.45, 7) is 3.41. The first-order chi connectivity index (χ1) is 12.9. The molecule has 2 saturated carbocycles. The van der Waals surface area contributed by atoms with E-state index < -0.39 is 5.91 Å². The Balaban J connectivity index is 1.33. The first-order valence-electron chi connectivity index (χ1n) is 9.70. The minimum atomic E-state index is -0.465. The van der Waals surface area contributed by atoms with Gasteiger partial charge < -0.3 is 15.4 Å². The molecule has 2 fully saturated rings. The van der Waals surface area contributed by atoms with E-state index in [-0.39, 0.29) is 25.0 Å². The third-order valence-corrected chi connectivity index (χ3v) is 6.00. The highest BCUT2D eigenvalue weighted by atomic mass is 16.5. The van der Waals surface area contributed by atoms with E-state index in [9.17, 15) is 14.4 Å². The van der Waals surface area contributed by atoms with Crippen molar-refractivity contribution in [3.63, 3.8) is 0 Å². The molecule has 2 aliphatic rings. The number of esters is 1. The minimum absolute atomic E-state index is 0.157. The van der Waals surface area contributed by atoms with Crippen LogP contribution < -0.4 is 10.6 Å². The van der Waals surface area contributed by atoms with Crippen LogP contribution in [0.25, 0.3) is 0 Å². The van der Waals surface area contributed by atoms with Gasteiger partial charge in [0.25, 0.3) is 5.91 Å². The lowest BCUT2D eigenvalue weighted by atomic mass is 9.86. The number of fused-ring (bicyclic) bond motifs is 2. The van der Waals surface area contributed by atoms with Gasteiger partial charge in [0.05, 0.1) is 6.54 Å². The van der Waals surface area contributed by atoms with Crippen molar-refractivity contribution in [3.05, 3.63) is 29.3 Å². The van der Waals surface area contributed by atoms with Crippen molar-refractivity contribution in [1.29, 1.82) is 0 Å². The largest absolute Gasteiger partial charge is 0.456 e. The van der Waals surface area contributed by atoms with E-state index in [1.807, 2.05) is 32.0 Å². The second kappa shape index (κ2) is 8.55. The Labute approximate surface area is 160 Å². The third-order valence-electron chi connectivity index (χ3n) is 6.00. The van der Waals surface area contributed by atoms with Crippen LogP contribution >= 0.6 is 0 Å². The molecular formula is C21H28N2O4. The minimum Gasteiger partial charge on any atom is -0.456 e. The molecule has 1 aromatic rings. The van der Waals surface area contributed by atoms with Crippen LogP contribution in [0.4, 0.5) is 5.69 Å². The van der Waals surface area contributed by atoms with Crippen LogP contribution in [0.5, 0.6) is 0 Å². The number of anilines is 1. The second-order valence-corrected chi connectivity index (χ2v) is 7.87. The van der Waals surface area contributed by atoms with Gasteiger partial charge in [0, 0.05) is 12.1 Å². The first-order valence-corrected chi connectivity index (χ1v) is 9.70. The molecule has 0 saturated heterocycles. The molecule has 27 heavy (non-hydrogen) atoms. The predicted molar refractivity (Wildman–Crippen MR) is 102 cm³/mol. The fourth-order valence-electron chi connectivity index (χ4n) is 4.36. The molecule has 2 amide bonds. The molecule has 2 N–H and O–H groups in total. The number of carbonyl (C=O) groups is 3. The maximum Gasteiger partial charge on any atom is 0.306 e. The zero-order valence-electron chi connectivity index (χ0n) is 16.0. The number of aryl methyl sites for hydroxylation is 1. The molecule has 3 rings (SSSR count). The number of benzene rings is 1. The summed E-state index contributed by atoms with van der Waals surface area (Å²) < 4.78 is 5.08. The molecule has 0 spiro atoms. The van der Waals surface area contributed by atoms with E-state index in [1.165, 1.54) is 19.3 Å². The van der Waals surface area contributed by atoms with E-state index in [1.54, 1.807) is 0 Å². The fraction of sp³-hybridized carbons (Fsp3) is 0.571. The van der Waals surface area contributed by atoms with Gasteiger partial charge in [-0.3, -0.25) is 14.4 Å². The summed E-state index contributed by atoms with van der Waals surface area (Å²) in [6, 6.07) is 5.66. The highest BCUT2D eigenvalue weighted by Crippen LogP contribution is 2.49. The molecule has 0 heterocycles. The van der Waals surface area contributed by atoms with Crippen LogP contribution in [0.2, 0.25) is 0 Å². The van der Waals surface area contributed by atoms with Crippen molar-refractivity contribution in [2.45, 2.75) is 46.0 Å². The smallest absolute Gasteiger partial charge is 0.306 e. The average Bonchev–Trinajstić information content (AvgIpc) is 3.25. The predicted octanol–water partition coefficient (Wildman–Crippen LogP) is 2.73. The van der Waals surface area contributed by atoms with Crippen LogP contribution in [0.15, 0.2) is 18.2 Å². The average molecular weight is 372 g/mol. The number of nitrogens with one attached hydrogen (secondary N) is 2. The lowest BCUT2D eigenvalue weighted by Gasteiger charge is -2.20. The number of carbonyl (C=O) groups excluding carboxylic acids is 3. The van der Waals surface area contributed by atoms with Crippen LogP contribution in [-0.4, -0.2) is 30.9 Å². The summed E-state index contributed by atoms with van der Waals surface area (Å²) in [7, 11) is 0. The van der Waals surface area contributed by atoms with Gasteiger partial charge >= 0.3 is 5.97 Å². The standard InChI is InChI=1S/C21H28N2O4/c1-13-4-3-5-18(14(13)2)23-19(24)11-22-20(25)12-27-21(26)10-17-9-15-6-7-16(17)8-15/h3-5,15-17H,6-12H2,1-2H3,(H,22,25)(H,23,24)/t15-,16+,17-/m0/s1. The number of amides is 2. The molecule has 6 nitrogen and oxygen atoms in total. The number of hydrogen-bond donors (Lipinski definition) is 2. The third kappa shape index (κ3) is 5.08. The molecule has 146 valence electrons. The maximum absolute atomic E-state index is 12.0. The summed E-state index contributed by atoms with van der Waals surface area (Å²) >= 11 is 0. The van der Waals surface area contributed by atoms with Gasteiger partial charge in [0.2, 0.25) is 5.91 Å².